The van der Waals surface area contributed by atoms with Crippen LogP contribution >= 0.6 is 34.2 Å². The molecule has 1 aromatic heterocycles. The average molecular weight is 419 g/mol. The lowest BCUT2D eigenvalue weighted by molar-refractivity contribution is 0.176. The number of benzene rings is 1. The van der Waals surface area contributed by atoms with Crippen molar-refractivity contribution in [3.05, 3.63) is 50.3 Å². The maximum Gasteiger partial charge on any atom is 0.0846 e. The van der Waals surface area contributed by atoms with Gasteiger partial charge in [0, 0.05) is 16.2 Å². The molecule has 0 fully saturated rings. The van der Waals surface area contributed by atoms with E-state index in [1.54, 1.807) is 0 Å². The fraction of sp³-hybridized carbons (Fsp3) is 0.438. The summed E-state index contributed by atoms with van der Waals surface area (Å²) in [4.78, 5) is 0. The predicted molar refractivity (Wildman–Crippen MR) is 94.7 cm³/mol. The Balaban J connectivity index is 2.08. The van der Waals surface area contributed by atoms with Crippen LogP contribution < -0.4 is 0 Å². The van der Waals surface area contributed by atoms with Crippen LogP contribution in [0, 0.1) is 3.57 Å². The van der Waals surface area contributed by atoms with Gasteiger partial charge in [-0.1, -0.05) is 31.5 Å². The lowest BCUT2D eigenvalue weighted by Crippen LogP contribution is -2.09. The van der Waals surface area contributed by atoms with E-state index in [9.17, 15) is 5.11 Å². The van der Waals surface area contributed by atoms with Gasteiger partial charge < -0.3 is 5.11 Å². The molecular formula is C16H20ClIN2O. The van der Waals surface area contributed by atoms with E-state index < -0.39 is 6.10 Å². The molecule has 0 aliphatic carbocycles. The van der Waals surface area contributed by atoms with E-state index in [4.69, 9.17) is 11.6 Å². The zero-order valence-electron chi connectivity index (χ0n) is 12.3. The molecule has 1 heterocycles. The summed E-state index contributed by atoms with van der Waals surface area (Å²) in [6, 6.07) is 8.07. The number of rotatable bonds is 6. The van der Waals surface area contributed by atoms with E-state index in [2.05, 4.69) is 41.5 Å². The second-order valence-electron chi connectivity index (χ2n) is 5.15. The molecule has 1 atom stereocenters. The number of hydrogen-bond donors (Lipinski definition) is 1. The molecule has 21 heavy (non-hydrogen) atoms. The molecule has 0 saturated heterocycles. The summed E-state index contributed by atoms with van der Waals surface area (Å²) >= 11 is 8.28. The molecule has 0 bridgehead atoms. The highest BCUT2D eigenvalue weighted by atomic mass is 127. The first-order valence-electron chi connectivity index (χ1n) is 7.22. The third-order valence-corrected chi connectivity index (χ3v) is 5.28. The quantitative estimate of drug-likeness (QED) is 0.686. The van der Waals surface area contributed by atoms with Gasteiger partial charge in [-0.15, -0.1) is 0 Å². The number of hydrogen-bond acceptors (Lipinski definition) is 2. The Hall–Kier alpha value is -0.590. The van der Waals surface area contributed by atoms with Crippen molar-refractivity contribution >= 4 is 34.2 Å². The van der Waals surface area contributed by atoms with Gasteiger partial charge in [-0.25, -0.2) is 0 Å². The van der Waals surface area contributed by atoms with Crippen LogP contribution in [-0.2, 0) is 6.42 Å². The Morgan fingerprint density at radius 2 is 2.00 bits per heavy atom. The van der Waals surface area contributed by atoms with Crippen molar-refractivity contribution in [3.8, 4) is 0 Å². The van der Waals surface area contributed by atoms with Gasteiger partial charge in [0.15, 0.2) is 0 Å². The van der Waals surface area contributed by atoms with Crippen molar-refractivity contribution in [3.63, 3.8) is 0 Å². The van der Waals surface area contributed by atoms with Gasteiger partial charge in [-0.3, -0.25) is 4.68 Å². The number of aliphatic hydroxyl groups is 1. The number of nitrogens with zero attached hydrogens (tertiary/aromatic N) is 2. The summed E-state index contributed by atoms with van der Waals surface area (Å²) in [5, 5.41) is 15.6. The van der Waals surface area contributed by atoms with Gasteiger partial charge in [0.05, 0.1) is 22.9 Å². The van der Waals surface area contributed by atoms with Gasteiger partial charge in [-0.05, 0) is 59.2 Å². The standard InChI is InChI=1S/C16H20ClIN2O/c1-3-13(4-2)20-8-7-12(19-20)10-16(21)11-5-6-15(18)14(17)9-11/h5-9,13,16,21H,3-4,10H2,1-2H3. The Kier molecular flexibility index (Phi) is 6.08. The van der Waals surface area contributed by atoms with Gasteiger partial charge in [0.1, 0.15) is 0 Å². The number of halogens is 2. The van der Waals surface area contributed by atoms with E-state index in [1.807, 2.05) is 35.1 Å². The van der Waals surface area contributed by atoms with Crippen LogP contribution in [-0.4, -0.2) is 14.9 Å². The summed E-state index contributed by atoms with van der Waals surface area (Å²) in [6.45, 7) is 4.33. The maximum absolute atomic E-state index is 10.3. The molecule has 0 radical (unpaired) electrons. The monoisotopic (exact) mass is 418 g/mol. The third-order valence-electron chi connectivity index (χ3n) is 3.71. The molecule has 0 aliphatic rings. The van der Waals surface area contributed by atoms with Crippen LogP contribution in [0.15, 0.2) is 30.5 Å². The normalized spacial score (nSPS) is 12.9. The minimum Gasteiger partial charge on any atom is -0.388 e. The van der Waals surface area contributed by atoms with E-state index >= 15 is 0 Å². The van der Waals surface area contributed by atoms with Crippen LogP contribution in [0.3, 0.4) is 0 Å². The average Bonchev–Trinajstić information content (AvgIpc) is 2.91. The Morgan fingerprint density at radius 3 is 2.62 bits per heavy atom. The van der Waals surface area contributed by atoms with Gasteiger partial charge in [0.25, 0.3) is 0 Å². The fourth-order valence-corrected chi connectivity index (χ4v) is 2.91. The molecule has 1 aromatic carbocycles. The van der Waals surface area contributed by atoms with Gasteiger partial charge in [-0.2, -0.15) is 5.10 Å². The molecule has 1 unspecified atom stereocenters. The van der Waals surface area contributed by atoms with Gasteiger partial charge in [0.2, 0.25) is 0 Å². The van der Waals surface area contributed by atoms with Crippen molar-refractivity contribution in [2.75, 3.05) is 0 Å². The number of aromatic nitrogens is 2. The first-order chi connectivity index (χ1) is 10.0. The largest absolute Gasteiger partial charge is 0.388 e. The van der Waals surface area contributed by atoms with Crippen LogP contribution in [0.25, 0.3) is 0 Å². The molecule has 1 N–H and O–H groups in total. The SMILES string of the molecule is CCC(CC)n1ccc(CC(O)c2ccc(I)c(Cl)c2)n1. The van der Waals surface area contributed by atoms with Crippen LogP contribution in [0.4, 0.5) is 0 Å². The Morgan fingerprint density at radius 1 is 1.29 bits per heavy atom. The lowest BCUT2D eigenvalue weighted by Gasteiger charge is -2.13. The zero-order valence-corrected chi connectivity index (χ0v) is 15.2. The molecule has 0 spiro atoms. The van der Waals surface area contributed by atoms with E-state index in [-0.39, 0.29) is 0 Å². The van der Waals surface area contributed by atoms with Crippen LogP contribution in [0.2, 0.25) is 5.02 Å². The van der Waals surface area contributed by atoms with Crippen molar-refractivity contribution in [1.82, 2.24) is 9.78 Å². The van der Waals surface area contributed by atoms with E-state index in [1.165, 1.54) is 0 Å². The molecule has 2 rings (SSSR count). The minimum atomic E-state index is -0.579. The van der Waals surface area contributed by atoms with E-state index in [0.29, 0.717) is 17.5 Å². The third kappa shape index (κ3) is 4.20. The molecule has 0 amide bonds. The van der Waals surface area contributed by atoms with E-state index in [0.717, 1.165) is 27.7 Å². The van der Waals surface area contributed by atoms with Crippen molar-refractivity contribution in [1.29, 1.82) is 0 Å². The van der Waals surface area contributed by atoms with Crippen molar-refractivity contribution in [2.45, 2.75) is 45.3 Å². The van der Waals surface area contributed by atoms with Crippen LogP contribution in [0.5, 0.6) is 0 Å². The topological polar surface area (TPSA) is 38.0 Å². The highest BCUT2D eigenvalue weighted by molar-refractivity contribution is 14.1. The summed E-state index contributed by atoms with van der Waals surface area (Å²) in [5.74, 6) is 0. The second-order valence-corrected chi connectivity index (χ2v) is 6.72. The minimum absolute atomic E-state index is 0.434. The predicted octanol–water partition coefficient (Wildman–Crippen LogP) is 4.78. The first-order valence-corrected chi connectivity index (χ1v) is 8.67. The molecule has 3 nitrogen and oxygen atoms in total. The molecule has 2 aromatic rings. The van der Waals surface area contributed by atoms with Crippen molar-refractivity contribution in [2.24, 2.45) is 0 Å². The maximum atomic E-state index is 10.3. The Bertz CT molecular complexity index is 596. The van der Waals surface area contributed by atoms with Gasteiger partial charge >= 0.3 is 0 Å². The summed E-state index contributed by atoms with van der Waals surface area (Å²) in [5.41, 5.74) is 1.74. The van der Waals surface area contributed by atoms with Crippen molar-refractivity contribution < 1.29 is 5.11 Å². The molecular weight excluding hydrogens is 399 g/mol. The Labute approximate surface area is 144 Å². The summed E-state index contributed by atoms with van der Waals surface area (Å²) < 4.78 is 2.99. The fourth-order valence-electron chi connectivity index (χ4n) is 2.39. The lowest BCUT2D eigenvalue weighted by atomic mass is 10.1. The summed E-state index contributed by atoms with van der Waals surface area (Å²) in [7, 11) is 0. The second kappa shape index (κ2) is 7.61. The molecule has 0 aliphatic heterocycles. The molecule has 114 valence electrons. The summed E-state index contributed by atoms with van der Waals surface area (Å²) in [6.07, 6.45) is 4.05. The smallest absolute Gasteiger partial charge is 0.0846 e. The molecule has 5 heteroatoms. The number of aliphatic hydroxyl groups excluding tert-OH is 1. The highest BCUT2D eigenvalue weighted by Gasteiger charge is 2.14. The highest BCUT2D eigenvalue weighted by Crippen LogP contribution is 2.25. The van der Waals surface area contributed by atoms with Crippen LogP contribution in [0.1, 0.15) is 50.1 Å². The first kappa shape index (κ1) is 16.8. The molecule has 0 saturated carbocycles. The zero-order chi connectivity index (χ0) is 15.4.